The van der Waals surface area contributed by atoms with E-state index in [1.54, 1.807) is 0 Å². The van der Waals surface area contributed by atoms with Gasteiger partial charge in [0.05, 0.1) is 0 Å². The van der Waals surface area contributed by atoms with Crippen molar-refractivity contribution in [2.75, 3.05) is 18.0 Å². The van der Waals surface area contributed by atoms with Crippen molar-refractivity contribution >= 4 is 34.5 Å². The molecule has 0 aliphatic carbocycles. The van der Waals surface area contributed by atoms with Gasteiger partial charge in [-0.2, -0.15) is 0 Å². The molecule has 19 heavy (non-hydrogen) atoms. The summed E-state index contributed by atoms with van der Waals surface area (Å²) in [5.41, 5.74) is 7.78. The topological polar surface area (TPSA) is 29.3 Å². The molecule has 0 bridgehead atoms. The number of thiocarbonyl (C=S) groups is 1. The molecule has 0 radical (unpaired) electrons. The van der Waals surface area contributed by atoms with Gasteiger partial charge in [0, 0.05) is 29.4 Å². The Labute approximate surface area is 126 Å². The number of halogens is 1. The first-order valence-corrected chi connectivity index (χ1v) is 7.44. The first-order valence-electron chi connectivity index (χ1n) is 6.65. The molecule has 106 valence electrons. The van der Waals surface area contributed by atoms with Crippen LogP contribution in [0, 0.1) is 11.8 Å². The smallest absolute Gasteiger partial charge is 0.106 e. The zero-order valence-corrected chi connectivity index (χ0v) is 13.7. The largest absolute Gasteiger partial charge is 0.389 e. The summed E-state index contributed by atoms with van der Waals surface area (Å²) in [5.74, 6) is 1.15. The minimum absolute atomic E-state index is 0.398. The number of nitrogens with two attached hydrogens (primary N) is 1. The van der Waals surface area contributed by atoms with Crippen LogP contribution in [0.3, 0.4) is 0 Å². The molecule has 0 aliphatic heterocycles. The molecular formula is C15H23ClN2S. The fourth-order valence-electron chi connectivity index (χ4n) is 2.13. The maximum absolute atomic E-state index is 6.04. The molecule has 4 heteroatoms. The van der Waals surface area contributed by atoms with E-state index in [0.29, 0.717) is 21.8 Å². The lowest BCUT2D eigenvalue weighted by Crippen LogP contribution is -2.33. The predicted octanol–water partition coefficient (Wildman–Crippen LogP) is 4.09. The van der Waals surface area contributed by atoms with Crippen molar-refractivity contribution in [2.45, 2.75) is 27.7 Å². The SMILES string of the molecule is CC(C)CN(CC(C)C)c1ccc(Cl)cc1C(N)=S. The molecule has 2 nitrogen and oxygen atoms in total. The summed E-state index contributed by atoms with van der Waals surface area (Å²) in [6.45, 7) is 10.8. The van der Waals surface area contributed by atoms with Crippen molar-refractivity contribution < 1.29 is 0 Å². The molecule has 1 aromatic rings. The van der Waals surface area contributed by atoms with E-state index in [9.17, 15) is 0 Å². The third-order valence-electron chi connectivity index (χ3n) is 2.74. The van der Waals surface area contributed by atoms with Crippen LogP contribution < -0.4 is 10.6 Å². The average molecular weight is 299 g/mol. The fourth-order valence-corrected chi connectivity index (χ4v) is 2.47. The summed E-state index contributed by atoms with van der Waals surface area (Å²) in [5, 5.41) is 0.667. The second kappa shape index (κ2) is 7.11. The monoisotopic (exact) mass is 298 g/mol. The highest BCUT2D eigenvalue weighted by molar-refractivity contribution is 7.80. The Kier molecular flexibility index (Phi) is 6.08. The highest BCUT2D eigenvalue weighted by atomic mass is 35.5. The van der Waals surface area contributed by atoms with Gasteiger partial charge in [0.25, 0.3) is 0 Å². The van der Waals surface area contributed by atoms with Crippen molar-refractivity contribution in [3.05, 3.63) is 28.8 Å². The van der Waals surface area contributed by atoms with Crippen LogP contribution in [-0.2, 0) is 0 Å². The molecule has 0 heterocycles. The molecule has 0 atom stereocenters. The Morgan fingerprint density at radius 2 is 1.74 bits per heavy atom. The summed E-state index contributed by atoms with van der Waals surface area (Å²) in [6, 6.07) is 5.76. The second-order valence-corrected chi connectivity index (χ2v) is 6.59. The molecule has 0 spiro atoms. The van der Waals surface area contributed by atoms with Crippen LogP contribution in [-0.4, -0.2) is 18.1 Å². The van der Waals surface area contributed by atoms with Gasteiger partial charge in [-0.15, -0.1) is 0 Å². The van der Waals surface area contributed by atoms with Gasteiger partial charge in [-0.3, -0.25) is 0 Å². The van der Waals surface area contributed by atoms with E-state index >= 15 is 0 Å². The van der Waals surface area contributed by atoms with Crippen molar-refractivity contribution in [1.82, 2.24) is 0 Å². The number of anilines is 1. The number of hydrogen-bond acceptors (Lipinski definition) is 2. The van der Waals surface area contributed by atoms with Crippen molar-refractivity contribution in [1.29, 1.82) is 0 Å². The van der Waals surface area contributed by atoms with Crippen LogP contribution in [0.25, 0.3) is 0 Å². The zero-order valence-electron chi connectivity index (χ0n) is 12.1. The zero-order chi connectivity index (χ0) is 14.6. The molecule has 0 aliphatic rings. The Morgan fingerprint density at radius 1 is 1.21 bits per heavy atom. The quantitative estimate of drug-likeness (QED) is 0.802. The number of nitrogens with zero attached hydrogens (tertiary/aromatic N) is 1. The van der Waals surface area contributed by atoms with Crippen LogP contribution in [0.5, 0.6) is 0 Å². The highest BCUT2D eigenvalue weighted by Gasteiger charge is 2.15. The van der Waals surface area contributed by atoms with Crippen LogP contribution in [0.1, 0.15) is 33.3 Å². The van der Waals surface area contributed by atoms with Crippen molar-refractivity contribution in [3.8, 4) is 0 Å². The third-order valence-corrected chi connectivity index (χ3v) is 3.19. The molecule has 0 saturated heterocycles. The summed E-state index contributed by atoms with van der Waals surface area (Å²) < 4.78 is 0. The predicted molar refractivity (Wildman–Crippen MR) is 89.2 cm³/mol. The number of benzene rings is 1. The molecule has 0 aromatic heterocycles. The molecule has 0 fully saturated rings. The first-order chi connectivity index (χ1) is 8.81. The van der Waals surface area contributed by atoms with Crippen LogP contribution in [0.4, 0.5) is 5.69 Å². The van der Waals surface area contributed by atoms with Gasteiger partial charge in [0.1, 0.15) is 4.99 Å². The number of hydrogen-bond donors (Lipinski definition) is 1. The molecule has 1 aromatic carbocycles. The maximum atomic E-state index is 6.04. The molecule has 1 rings (SSSR count). The van der Waals surface area contributed by atoms with Gasteiger partial charge in [-0.1, -0.05) is 51.5 Å². The van der Waals surface area contributed by atoms with E-state index in [1.807, 2.05) is 18.2 Å². The summed E-state index contributed by atoms with van der Waals surface area (Å²) in [7, 11) is 0. The molecular weight excluding hydrogens is 276 g/mol. The normalized spacial score (nSPS) is 11.1. The summed E-state index contributed by atoms with van der Waals surface area (Å²) in [4.78, 5) is 2.75. The van der Waals surface area contributed by atoms with Crippen LogP contribution in [0.15, 0.2) is 18.2 Å². The summed E-state index contributed by atoms with van der Waals surface area (Å²) in [6.07, 6.45) is 0. The average Bonchev–Trinajstić information content (AvgIpc) is 2.26. The first kappa shape index (κ1) is 16.3. The second-order valence-electron chi connectivity index (χ2n) is 5.72. The van der Waals surface area contributed by atoms with E-state index in [-0.39, 0.29) is 0 Å². The van der Waals surface area contributed by atoms with Gasteiger partial charge in [0.15, 0.2) is 0 Å². The van der Waals surface area contributed by atoms with Crippen LogP contribution in [0.2, 0.25) is 5.02 Å². The van der Waals surface area contributed by atoms with Gasteiger partial charge in [-0.25, -0.2) is 0 Å². The fraction of sp³-hybridized carbons (Fsp3) is 0.533. The lowest BCUT2D eigenvalue weighted by atomic mass is 10.1. The molecule has 2 N–H and O–H groups in total. The van der Waals surface area contributed by atoms with Gasteiger partial charge in [-0.05, 0) is 30.0 Å². The van der Waals surface area contributed by atoms with Crippen molar-refractivity contribution in [3.63, 3.8) is 0 Å². The van der Waals surface area contributed by atoms with E-state index in [2.05, 4.69) is 32.6 Å². The van der Waals surface area contributed by atoms with Crippen molar-refractivity contribution in [2.24, 2.45) is 17.6 Å². The minimum Gasteiger partial charge on any atom is -0.389 e. The third kappa shape index (κ3) is 5.00. The maximum Gasteiger partial charge on any atom is 0.106 e. The van der Waals surface area contributed by atoms with Crippen LogP contribution >= 0.6 is 23.8 Å². The molecule has 0 amide bonds. The van der Waals surface area contributed by atoms with Gasteiger partial charge >= 0.3 is 0 Å². The Balaban J connectivity index is 3.16. The van der Waals surface area contributed by atoms with Gasteiger partial charge < -0.3 is 10.6 Å². The lowest BCUT2D eigenvalue weighted by molar-refractivity contribution is 0.552. The van der Waals surface area contributed by atoms with E-state index in [1.165, 1.54) is 0 Å². The lowest BCUT2D eigenvalue weighted by Gasteiger charge is -2.30. The van der Waals surface area contributed by atoms with E-state index in [4.69, 9.17) is 29.6 Å². The molecule has 0 saturated carbocycles. The highest BCUT2D eigenvalue weighted by Crippen LogP contribution is 2.26. The number of rotatable bonds is 6. The molecule has 0 unspecified atom stereocenters. The summed E-state index contributed by atoms with van der Waals surface area (Å²) >= 11 is 11.2. The standard InChI is InChI=1S/C15H23ClN2S/c1-10(2)8-18(9-11(3)4)14-6-5-12(16)7-13(14)15(17)19/h5-7,10-11H,8-9H2,1-4H3,(H2,17,19). The Morgan fingerprint density at radius 3 is 2.16 bits per heavy atom. The Hall–Kier alpha value is -0.800. The van der Waals surface area contributed by atoms with Gasteiger partial charge in [0.2, 0.25) is 0 Å². The Bertz CT molecular complexity index is 434. The van der Waals surface area contributed by atoms with E-state index < -0.39 is 0 Å². The minimum atomic E-state index is 0.398. The van der Waals surface area contributed by atoms with E-state index in [0.717, 1.165) is 24.3 Å².